The number of aromatic nitrogens is 3. The van der Waals surface area contributed by atoms with Crippen LogP contribution in [0.1, 0.15) is 30.2 Å². The average Bonchev–Trinajstić information content (AvgIpc) is 3.43. The van der Waals surface area contributed by atoms with E-state index in [4.69, 9.17) is 4.42 Å². The summed E-state index contributed by atoms with van der Waals surface area (Å²) >= 11 is 1.62. The van der Waals surface area contributed by atoms with Gasteiger partial charge in [0.2, 0.25) is 5.89 Å². The molecule has 1 saturated heterocycles. The van der Waals surface area contributed by atoms with Crippen LogP contribution < -0.4 is 0 Å². The summed E-state index contributed by atoms with van der Waals surface area (Å²) in [5.41, 5.74) is 2.69. The third-order valence-electron chi connectivity index (χ3n) is 5.21. The molecule has 0 atom stereocenters. The smallest absolute Gasteiger partial charge is 0.257 e. The quantitative estimate of drug-likeness (QED) is 0.572. The topological polar surface area (TPSA) is 58.0 Å². The molecular formula is C20H20N4OS. The number of likely N-dealkylation sites (tertiary alicyclic amines) is 1. The summed E-state index contributed by atoms with van der Waals surface area (Å²) in [6.45, 7) is 2.85. The molecule has 1 aromatic carbocycles. The fourth-order valence-corrected chi connectivity index (χ4v) is 4.49. The molecule has 0 bridgehead atoms. The Bertz CT molecular complexity index is 996. The molecule has 1 N–H and O–H groups in total. The van der Waals surface area contributed by atoms with Crippen molar-refractivity contribution in [1.82, 2.24) is 20.1 Å². The van der Waals surface area contributed by atoms with Gasteiger partial charge in [0.25, 0.3) is 5.89 Å². The zero-order valence-corrected chi connectivity index (χ0v) is 15.2. The number of para-hydroxylation sites is 1. The highest BCUT2D eigenvalue weighted by Crippen LogP contribution is 2.33. The van der Waals surface area contributed by atoms with E-state index in [1.807, 2.05) is 17.5 Å². The van der Waals surface area contributed by atoms with Gasteiger partial charge in [0.15, 0.2) is 0 Å². The molecule has 5 rings (SSSR count). The van der Waals surface area contributed by atoms with Gasteiger partial charge < -0.3 is 9.40 Å². The summed E-state index contributed by atoms with van der Waals surface area (Å²) in [7, 11) is 0. The number of H-pyrrole nitrogens is 1. The van der Waals surface area contributed by atoms with E-state index in [1.54, 1.807) is 11.3 Å². The van der Waals surface area contributed by atoms with Crippen LogP contribution in [0, 0.1) is 0 Å². The molecular weight excluding hydrogens is 344 g/mol. The molecule has 0 amide bonds. The molecule has 132 valence electrons. The first-order chi connectivity index (χ1) is 12.9. The van der Waals surface area contributed by atoms with Gasteiger partial charge in [-0.15, -0.1) is 21.5 Å². The van der Waals surface area contributed by atoms with E-state index < -0.39 is 0 Å². The van der Waals surface area contributed by atoms with Crippen LogP contribution >= 0.6 is 11.3 Å². The summed E-state index contributed by atoms with van der Waals surface area (Å²) in [5, 5.41) is 11.8. The normalized spacial score (nSPS) is 16.5. The number of benzene rings is 1. The van der Waals surface area contributed by atoms with Crippen LogP contribution in [-0.2, 0) is 6.54 Å². The third-order valence-corrected chi connectivity index (χ3v) is 6.06. The van der Waals surface area contributed by atoms with Crippen LogP contribution in [0.2, 0.25) is 0 Å². The predicted molar refractivity (Wildman–Crippen MR) is 103 cm³/mol. The van der Waals surface area contributed by atoms with Gasteiger partial charge in [-0.25, -0.2) is 0 Å². The number of rotatable bonds is 4. The van der Waals surface area contributed by atoms with Crippen molar-refractivity contribution in [3.05, 3.63) is 59.4 Å². The Morgan fingerprint density at radius 2 is 2.00 bits per heavy atom. The minimum absolute atomic E-state index is 0.617. The second-order valence-corrected chi connectivity index (χ2v) is 7.77. The largest absolute Gasteiger partial charge is 0.419 e. The highest BCUT2D eigenvalue weighted by molar-refractivity contribution is 7.13. The third kappa shape index (κ3) is 2.95. The van der Waals surface area contributed by atoms with Gasteiger partial charge in [-0.1, -0.05) is 24.3 Å². The summed E-state index contributed by atoms with van der Waals surface area (Å²) in [5.74, 6) is 1.95. The number of nitrogens with zero attached hydrogens (tertiary/aromatic N) is 3. The summed E-state index contributed by atoms with van der Waals surface area (Å²) in [4.78, 5) is 6.85. The summed E-state index contributed by atoms with van der Waals surface area (Å²) in [6, 6.07) is 12.6. The van der Waals surface area contributed by atoms with Gasteiger partial charge in [0.1, 0.15) is 0 Å². The fourth-order valence-electron chi connectivity index (χ4n) is 3.84. The minimum Gasteiger partial charge on any atom is -0.419 e. The van der Waals surface area contributed by atoms with Crippen molar-refractivity contribution in [2.24, 2.45) is 0 Å². The van der Waals surface area contributed by atoms with Crippen molar-refractivity contribution >= 4 is 22.2 Å². The lowest BCUT2D eigenvalue weighted by Gasteiger charge is -2.30. The van der Waals surface area contributed by atoms with E-state index in [-0.39, 0.29) is 0 Å². The number of hydrogen-bond donors (Lipinski definition) is 1. The number of thiophene rings is 1. The van der Waals surface area contributed by atoms with E-state index in [2.05, 4.69) is 50.5 Å². The molecule has 1 fully saturated rings. The zero-order valence-electron chi connectivity index (χ0n) is 14.4. The summed E-state index contributed by atoms with van der Waals surface area (Å²) in [6.07, 6.45) is 4.51. The SMILES string of the molecule is c1csc(-c2nnc(CN3CCC(c4c[nH]c5ccccc45)CC3)o2)c1. The minimum atomic E-state index is 0.617. The van der Waals surface area contributed by atoms with Gasteiger partial charge >= 0.3 is 0 Å². The maximum absolute atomic E-state index is 5.83. The van der Waals surface area contributed by atoms with Crippen molar-refractivity contribution in [3.8, 4) is 10.8 Å². The fraction of sp³-hybridized carbons (Fsp3) is 0.300. The monoisotopic (exact) mass is 364 g/mol. The Labute approximate surface area is 155 Å². The molecule has 0 unspecified atom stereocenters. The highest BCUT2D eigenvalue weighted by atomic mass is 32.1. The van der Waals surface area contributed by atoms with Crippen molar-refractivity contribution in [1.29, 1.82) is 0 Å². The number of fused-ring (bicyclic) bond motifs is 1. The van der Waals surface area contributed by atoms with E-state index >= 15 is 0 Å². The van der Waals surface area contributed by atoms with Gasteiger partial charge in [0.05, 0.1) is 11.4 Å². The second-order valence-electron chi connectivity index (χ2n) is 6.82. The first kappa shape index (κ1) is 15.8. The molecule has 4 heterocycles. The Balaban J connectivity index is 1.23. The maximum Gasteiger partial charge on any atom is 0.257 e. The van der Waals surface area contributed by atoms with Crippen LogP contribution in [0.5, 0.6) is 0 Å². The first-order valence-electron chi connectivity index (χ1n) is 9.01. The van der Waals surface area contributed by atoms with E-state index in [9.17, 15) is 0 Å². The Morgan fingerprint density at radius 3 is 2.85 bits per heavy atom. The number of piperidine rings is 1. The molecule has 0 spiro atoms. The Kier molecular flexibility index (Phi) is 4.07. The molecule has 0 radical (unpaired) electrons. The van der Waals surface area contributed by atoms with Crippen molar-refractivity contribution < 1.29 is 4.42 Å². The summed E-state index contributed by atoms with van der Waals surface area (Å²) < 4.78 is 5.83. The molecule has 4 aromatic rings. The lowest BCUT2D eigenvalue weighted by Crippen LogP contribution is -2.32. The van der Waals surface area contributed by atoms with Crippen molar-refractivity contribution in [2.75, 3.05) is 13.1 Å². The molecule has 0 saturated carbocycles. The van der Waals surface area contributed by atoms with Crippen molar-refractivity contribution in [2.45, 2.75) is 25.3 Å². The second kappa shape index (κ2) is 6.70. The maximum atomic E-state index is 5.83. The number of nitrogens with one attached hydrogen (secondary N) is 1. The molecule has 6 heteroatoms. The highest BCUT2D eigenvalue weighted by Gasteiger charge is 2.24. The predicted octanol–water partition coefficient (Wildman–Crippen LogP) is 4.66. The Hall–Kier alpha value is -2.44. The molecule has 1 aliphatic rings. The van der Waals surface area contributed by atoms with Gasteiger partial charge in [-0.05, 0) is 54.9 Å². The van der Waals surface area contributed by atoms with E-state index in [0.29, 0.717) is 17.7 Å². The van der Waals surface area contributed by atoms with Gasteiger partial charge in [-0.2, -0.15) is 0 Å². The molecule has 5 nitrogen and oxygen atoms in total. The van der Waals surface area contributed by atoms with Crippen LogP contribution in [0.15, 0.2) is 52.4 Å². The Morgan fingerprint density at radius 1 is 1.12 bits per heavy atom. The van der Waals surface area contributed by atoms with E-state index in [1.165, 1.54) is 16.5 Å². The van der Waals surface area contributed by atoms with Gasteiger partial charge in [-0.3, -0.25) is 4.90 Å². The van der Waals surface area contributed by atoms with Crippen LogP contribution in [0.4, 0.5) is 0 Å². The first-order valence-corrected chi connectivity index (χ1v) is 9.89. The molecule has 1 aliphatic heterocycles. The van der Waals surface area contributed by atoms with Crippen LogP contribution in [-0.4, -0.2) is 33.2 Å². The lowest BCUT2D eigenvalue weighted by molar-refractivity contribution is 0.188. The standard InChI is InChI=1S/C20H20N4OS/c1-2-5-17-15(4-1)16(12-21-17)14-7-9-24(10-8-14)13-19-22-23-20(25-19)18-6-3-11-26-18/h1-6,11-12,14,21H,7-10,13H2. The number of hydrogen-bond acceptors (Lipinski definition) is 5. The van der Waals surface area contributed by atoms with E-state index in [0.717, 1.165) is 37.4 Å². The van der Waals surface area contributed by atoms with Gasteiger partial charge in [0, 0.05) is 17.1 Å². The lowest BCUT2D eigenvalue weighted by atomic mass is 9.89. The van der Waals surface area contributed by atoms with Crippen LogP contribution in [0.3, 0.4) is 0 Å². The molecule has 3 aromatic heterocycles. The number of aromatic amines is 1. The van der Waals surface area contributed by atoms with Crippen molar-refractivity contribution in [3.63, 3.8) is 0 Å². The molecule has 0 aliphatic carbocycles. The molecule has 26 heavy (non-hydrogen) atoms. The van der Waals surface area contributed by atoms with Crippen LogP contribution in [0.25, 0.3) is 21.7 Å². The zero-order chi connectivity index (χ0) is 17.3. The average molecular weight is 364 g/mol.